The number of halogens is 2. The minimum absolute atomic E-state index is 0.208. The van der Waals surface area contributed by atoms with Crippen LogP contribution < -0.4 is 5.32 Å². The minimum atomic E-state index is -0.208. The van der Waals surface area contributed by atoms with Gasteiger partial charge in [-0.15, -0.1) is 0 Å². The maximum atomic E-state index is 13.0. The van der Waals surface area contributed by atoms with E-state index in [4.69, 9.17) is 0 Å². The monoisotopic (exact) mass is 229 g/mol. The topological polar surface area (TPSA) is 12.0 Å². The Hall–Kier alpha value is -0.570. The highest BCUT2D eigenvalue weighted by molar-refractivity contribution is 9.10. The molecule has 1 aromatic rings. The maximum Gasteiger partial charge on any atom is 0.139 e. The van der Waals surface area contributed by atoms with Gasteiger partial charge in [-0.2, -0.15) is 0 Å². The van der Waals surface area contributed by atoms with Gasteiger partial charge in [0.2, 0.25) is 0 Å². The lowest BCUT2D eigenvalue weighted by Gasteiger charge is -2.04. The van der Waals surface area contributed by atoms with Gasteiger partial charge in [0.05, 0.1) is 4.47 Å². The van der Waals surface area contributed by atoms with Gasteiger partial charge >= 0.3 is 0 Å². The van der Waals surface area contributed by atoms with Crippen LogP contribution in [-0.4, -0.2) is 6.04 Å². The molecule has 1 aromatic carbocycles. The predicted molar refractivity (Wildman–Crippen MR) is 50.7 cm³/mol. The van der Waals surface area contributed by atoms with E-state index in [-0.39, 0.29) is 5.82 Å². The van der Waals surface area contributed by atoms with E-state index >= 15 is 0 Å². The van der Waals surface area contributed by atoms with E-state index in [1.807, 2.05) is 6.07 Å². The van der Waals surface area contributed by atoms with Crippen LogP contribution in [0.25, 0.3) is 0 Å². The maximum absolute atomic E-state index is 13.0. The van der Waals surface area contributed by atoms with Gasteiger partial charge in [-0.25, -0.2) is 4.39 Å². The summed E-state index contributed by atoms with van der Waals surface area (Å²) in [5.74, 6) is -0.208. The molecule has 0 unspecified atom stereocenters. The van der Waals surface area contributed by atoms with E-state index in [0.29, 0.717) is 10.5 Å². The van der Waals surface area contributed by atoms with Gasteiger partial charge in [0.1, 0.15) is 5.82 Å². The molecule has 1 aliphatic rings. The van der Waals surface area contributed by atoms with Gasteiger partial charge in [-0.1, -0.05) is 0 Å². The van der Waals surface area contributed by atoms with Crippen molar-refractivity contribution < 1.29 is 4.39 Å². The number of hydrogen-bond acceptors (Lipinski definition) is 1. The Balaban J connectivity index is 2.15. The van der Waals surface area contributed by atoms with Crippen LogP contribution >= 0.6 is 15.9 Å². The third-order valence-electron chi connectivity index (χ3n) is 1.87. The highest BCUT2D eigenvalue weighted by Gasteiger charge is 2.20. The summed E-state index contributed by atoms with van der Waals surface area (Å²) in [6.07, 6.45) is 2.41. The molecule has 0 saturated heterocycles. The molecule has 1 N–H and O–H groups in total. The van der Waals surface area contributed by atoms with Gasteiger partial charge in [0.15, 0.2) is 0 Å². The van der Waals surface area contributed by atoms with Crippen molar-refractivity contribution in [1.29, 1.82) is 0 Å². The van der Waals surface area contributed by atoms with Crippen molar-refractivity contribution >= 4 is 21.6 Å². The average Bonchev–Trinajstić information content (AvgIpc) is 2.81. The predicted octanol–water partition coefficient (Wildman–Crippen LogP) is 3.16. The molecule has 2 rings (SSSR count). The molecule has 0 heterocycles. The molecule has 0 atom stereocenters. The molecule has 1 nitrogen and oxygen atoms in total. The average molecular weight is 230 g/mol. The largest absolute Gasteiger partial charge is 0.382 e. The zero-order valence-corrected chi connectivity index (χ0v) is 8.07. The lowest BCUT2D eigenvalue weighted by molar-refractivity contribution is 0.621. The van der Waals surface area contributed by atoms with Crippen LogP contribution in [0.2, 0.25) is 0 Å². The molecule has 1 aliphatic carbocycles. The van der Waals surface area contributed by atoms with E-state index in [2.05, 4.69) is 21.2 Å². The summed E-state index contributed by atoms with van der Waals surface area (Å²) in [6, 6.07) is 5.69. The van der Waals surface area contributed by atoms with Crippen molar-refractivity contribution in [3.63, 3.8) is 0 Å². The second-order valence-corrected chi connectivity index (χ2v) is 3.90. The van der Waals surface area contributed by atoms with Gasteiger partial charge in [-0.3, -0.25) is 0 Å². The first kappa shape index (κ1) is 8.05. The third kappa shape index (κ3) is 1.78. The fourth-order valence-corrected chi connectivity index (χ4v) is 1.30. The zero-order chi connectivity index (χ0) is 8.55. The number of hydrogen-bond donors (Lipinski definition) is 1. The van der Waals surface area contributed by atoms with Gasteiger partial charge < -0.3 is 5.32 Å². The molecule has 0 amide bonds. The SMILES string of the molecule is Fc1cc(NC2CC2)ccc1Br. The molecule has 1 fully saturated rings. The lowest BCUT2D eigenvalue weighted by atomic mass is 10.3. The molecule has 1 saturated carbocycles. The van der Waals surface area contributed by atoms with E-state index in [1.165, 1.54) is 18.9 Å². The number of benzene rings is 1. The Bertz CT molecular complexity index is 297. The standard InChI is InChI=1S/C9H9BrFN/c10-8-4-3-7(5-9(8)11)12-6-1-2-6/h3-6,12H,1-2H2. The quantitative estimate of drug-likeness (QED) is 0.822. The Morgan fingerprint density at radius 1 is 1.42 bits per heavy atom. The smallest absolute Gasteiger partial charge is 0.139 e. The van der Waals surface area contributed by atoms with Crippen molar-refractivity contribution in [2.24, 2.45) is 0 Å². The molecular formula is C9H9BrFN. The van der Waals surface area contributed by atoms with E-state index in [1.54, 1.807) is 6.07 Å². The molecule has 0 aromatic heterocycles. The van der Waals surface area contributed by atoms with E-state index in [0.717, 1.165) is 5.69 Å². The molecule has 12 heavy (non-hydrogen) atoms. The number of rotatable bonds is 2. The van der Waals surface area contributed by atoms with E-state index < -0.39 is 0 Å². The molecular weight excluding hydrogens is 221 g/mol. The van der Waals surface area contributed by atoms with Crippen LogP contribution in [0.5, 0.6) is 0 Å². The second kappa shape index (κ2) is 3.05. The molecule has 0 bridgehead atoms. The number of anilines is 1. The third-order valence-corrected chi connectivity index (χ3v) is 2.51. The highest BCUT2D eigenvalue weighted by Crippen LogP contribution is 2.26. The second-order valence-electron chi connectivity index (χ2n) is 3.05. The molecule has 64 valence electrons. The van der Waals surface area contributed by atoms with Crippen LogP contribution in [0.3, 0.4) is 0 Å². The van der Waals surface area contributed by atoms with Crippen molar-refractivity contribution in [2.45, 2.75) is 18.9 Å². The Morgan fingerprint density at radius 3 is 2.75 bits per heavy atom. The lowest BCUT2D eigenvalue weighted by Crippen LogP contribution is -2.00. The Kier molecular flexibility index (Phi) is 2.05. The van der Waals surface area contributed by atoms with Crippen molar-refractivity contribution in [1.82, 2.24) is 0 Å². The minimum Gasteiger partial charge on any atom is -0.382 e. The van der Waals surface area contributed by atoms with E-state index in [9.17, 15) is 4.39 Å². The first-order valence-electron chi connectivity index (χ1n) is 3.97. The summed E-state index contributed by atoms with van der Waals surface area (Å²) in [6.45, 7) is 0. The van der Waals surface area contributed by atoms with Crippen LogP contribution in [0, 0.1) is 5.82 Å². The highest BCUT2D eigenvalue weighted by atomic mass is 79.9. The first-order chi connectivity index (χ1) is 5.75. The number of nitrogens with one attached hydrogen (secondary N) is 1. The van der Waals surface area contributed by atoms with Crippen LogP contribution in [-0.2, 0) is 0 Å². The summed E-state index contributed by atoms with van der Waals surface area (Å²) in [7, 11) is 0. The molecule has 3 heteroatoms. The molecule has 0 radical (unpaired) electrons. The fourth-order valence-electron chi connectivity index (χ4n) is 1.05. The van der Waals surface area contributed by atoms with Crippen molar-refractivity contribution in [3.05, 3.63) is 28.5 Å². The van der Waals surface area contributed by atoms with Crippen molar-refractivity contribution in [2.75, 3.05) is 5.32 Å². The fraction of sp³-hybridized carbons (Fsp3) is 0.333. The van der Waals surface area contributed by atoms with Crippen LogP contribution in [0.4, 0.5) is 10.1 Å². The Morgan fingerprint density at radius 2 is 2.17 bits per heavy atom. The van der Waals surface area contributed by atoms with Gasteiger partial charge in [0.25, 0.3) is 0 Å². The molecule has 0 spiro atoms. The summed E-state index contributed by atoms with van der Waals surface area (Å²) >= 11 is 3.11. The van der Waals surface area contributed by atoms with Crippen LogP contribution in [0.1, 0.15) is 12.8 Å². The van der Waals surface area contributed by atoms with Gasteiger partial charge in [-0.05, 0) is 47.0 Å². The van der Waals surface area contributed by atoms with Crippen molar-refractivity contribution in [3.8, 4) is 0 Å². The van der Waals surface area contributed by atoms with Crippen LogP contribution in [0.15, 0.2) is 22.7 Å². The zero-order valence-electron chi connectivity index (χ0n) is 6.48. The normalized spacial score (nSPS) is 16.2. The first-order valence-corrected chi connectivity index (χ1v) is 4.76. The summed E-state index contributed by atoms with van der Waals surface area (Å²) in [5, 5.41) is 3.22. The summed E-state index contributed by atoms with van der Waals surface area (Å²) < 4.78 is 13.5. The molecule has 0 aliphatic heterocycles. The summed E-state index contributed by atoms with van der Waals surface area (Å²) in [4.78, 5) is 0. The summed E-state index contributed by atoms with van der Waals surface area (Å²) in [5.41, 5.74) is 0.873. The van der Waals surface area contributed by atoms with Gasteiger partial charge in [0, 0.05) is 11.7 Å². The Labute approximate surface area is 79.1 Å².